The monoisotopic (exact) mass is 383 g/mol. The average molecular weight is 384 g/mol. The van der Waals surface area contributed by atoms with Crippen molar-refractivity contribution in [3.05, 3.63) is 52.8 Å². The van der Waals surface area contributed by atoms with Gasteiger partial charge in [-0.25, -0.2) is 4.98 Å². The van der Waals surface area contributed by atoms with Crippen LogP contribution >= 0.6 is 11.6 Å². The Labute approximate surface area is 163 Å². The second kappa shape index (κ2) is 7.19. The Hall–Kier alpha value is -2.60. The van der Waals surface area contributed by atoms with Crippen molar-refractivity contribution in [2.75, 3.05) is 18.0 Å². The van der Waals surface area contributed by atoms with Gasteiger partial charge in [0.05, 0.1) is 11.2 Å². The number of carbonyl (C=O) groups is 1. The maximum atomic E-state index is 12.6. The Kier molecular flexibility index (Phi) is 4.74. The van der Waals surface area contributed by atoms with Crippen LogP contribution in [0.1, 0.15) is 29.0 Å². The number of piperidine rings is 1. The summed E-state index contributed by atoms with van der Waals surface area (Å²) in [5, 5.41) is 9.13. The van der Waals surface area contributed by atoms with Crippen molar-refractivity contribution in [1.29, 1.82) is 0 Å². The standard InChI is InChI=1S/C20H22ClN5O/c1-13-10-18(25(2)24-13)20(27)22-16-4-3-9-26(12-16)19-8-5-14-11-15(21)6-7-17(14)23-19/h5-8,10-11,16H,3-4,9,12H2,1-2H3,(H,22,27). The van der Waals surface area contributed by atoms with Gasteiger partial charge in [0, 0.05) is 36.6 Å². The molecule has 140 valence electrons. The Morgan fingerprint density at radius 3 is 2.89 bits per heavy atom. The number of anilines is 1. The van der Waals surface area contributed by atoms with Crippen LogP contribution in [0.15, 0.2) is 36.4 Å². The number of benzene rings is 1. The molecule has 1 fully saturated rings. The van der Waals surface area contributed by atoms with Gasteiger partial charge >= 0.3 is 0 Å². The predicted octanol–water partition coefficient (Wildman–Crippen LogP) is 3.33. The van der Waals surface area contributed by atoms with Gasteiger partial charge in [0.1, 0.15) is 11.5 Å². The summed E-state index contributed by atoms with van der Waals surface area (Å²) in [6.45, 7) is 3.57. The highest BCUT2D eigenvalue weighted by Crippen LogP contribution is 2.23. The number of nitrogens with zero attached hydrogens (tertiary/aromatic N) is 4. The van der Waals surface area contributed by atoms with Gasteiger partial charge in [-0.3, -0.25) is 9.48 Å². The molecule has 27 heavy (non-hydrogen) atoms. The van der Waals surface area contributed by atoms with E-state index in [9.17, 15) is 4.79 Å². The molecule has 1 amide bonds. The first-order valence-electron chi connectivity index (χ1n) is 9.12. The van der Waals surface area contributed by atoms with Crippen LogP contribution in [0.25, 0.3) is 10.9 Å². The third-order valence-corrected chi connectivity index (χ3v) is 5.19. The summed E-state index contributed by atoms with van der Waals surface area (Å²) >= 11 is 6.05. The minimum Gasteiger partial charge on any atom is -0.355 e. The summed E-state index contributed by atoms with van der Waals surface area (Å²) < 4.78 is 1.63. The molecule has 7 heteroatoms. The fourth-order valence-electron chi connectivity index (χ4n) is 3.65. The van der Waals surface area contributed by atoms with Crippen LogP contribution in [0.3, 0.4) is 0 Å². The molecule has 3 heterocycles. The normalized spacial score (nSPS) is 17.3. The van der Waals surface area contributed by atoms with E-state index in [1.54, 1.807) is 11.7 Å². The number of rotatable bonds is 3. The average Bonchev–Trinajstić information content (AvgIpc) is 3.00. The minimum atomic E-state index is -0.0777. The van der Waals surface area contributed by atoms with Crippen LogP contribution in [0, 0.1) is 6.92 Å². The summed E-state index contributed by atoms with van der Waals surface area (Å²) in [7, 11) is 1.79. The van der Waals surface area contributed by atoms with Crippen LogP contribution in [0.5, 0.6) is 0 Å². The van der Waals surface area contributed by atoms with Crippen LogP contribution in [0.4, 0.5) is 5.82 Å². The smallest absolute Gasteiger partial charge is 0.269 e. The van der Waals surface area contributed by atoms with Gasteiger partial charge in [-0.15, -0.1) is 0 Å². The lowest BCUT2D eigenvalue weighted by Crippen LogP contribution is -2.48. The Bertz CT molecular complexity index is 999. The number of pyridine rings is 1. The first-order valence-corrected chi connectivity index (χ1v) is 9.50. The molecule has 1 aliphatic heterocycles. The van der Waals surface area contributed by atoms with Crippen LogP contribution in [0.2, 0.25) is 5.02 Å². The Balaban J connectivity index is 1.48. The zero-order chi connectivity index (χ0) is 19.0. The summed E-state index contributed by atoms with van der Waals surface area (Å²) in [6.07, 6.45) is 1.97. The van der Waals surface area contributed by atoms with E-state index in [1.807, 2.05) is 43.3 Å². The molecule has 1 aromatic carbocycles. The second-order valence-corrected chi connectivity index (χ2v) is 7.50. The third-order valence-electron chi connectivity index (χ3n) is 4.95. The van der Waals surface area contributed by atoms with Crippen molar-refractivity contribution in [3.8, 4) is 0 Å². The summed E-state index contributed by atoms with van der Waals surface area (Å²) in [4.78, 5) is 19.6. The molecule has 3 aromatic rings. The second-order valence-electron chi connectivity index (χ2n) is 7.06. The number of nitrogens with one attached hydrogen (secondary N) is 1. The molecule has 1 saturated heterocycles. The molecule has 0 saturated carbocycles. The Morgan fingerprint density at radius 2 is 2.11 bits per heavy atom. The number of fused-ring (bicyclic) bond motifs is 1. The lowest BCUT2D eigenvalue weighted by atomic mass is 10.1. The first-order chi connectivity index (χ1) is 13.0. The maximum absolute atomic E-state index is 12.6. The van der Waals surface area contributed by atoms with Crippen LogP contribution in [-0.2, 0) is 7.05 Å². The van der Waals surface area contributed by atoms with Gasteiger partial charge in [0.15, 0.2) is 0 Å². The third kappa shape index (κ3) is 3.76. The zero-order valence-electron chi connectivity index (χ0n) is 15.4. The SMILES string of the molecule is Cc1cc(C(=O)NC2CCCN(c3ccc4cc(Cl)ccc4n3)C2)n(C)n1. The van der Waals surface area contributed by atoms with E-state index in [0.717, 1.165) is 48.3 Å². The molecular weight excluding hydrogens is 362 g/mol. The van der Waals surface area contributed by atoms with E-state index in [2.05, 4.69) is 15.3 Å². The molecule has 6 nitrogen and oxygen atoms in total. The molecule has 1 aliphatic rings. The molecule has 1 N–H and O–H groups in total. The zero-order valence-corrected chi connectivity index (χ0v) is 16.2. The minimum absolute atomic E-state index is 0.0777. The number of hydrogen-bond donors (Lipinski definition) is 1. The van der Waals surface area contributed by atoms with E-state index < -0.39 is 0 Å². The van der Waals surface area contributed by atoms with Crippen molar-refractivity contribution < 1.29 is 4.79 Å². The van der Waals surface area contributed by atoms with Crippen molar-refractivity contribution >= 4 is 34.2 Å². The van der Waals surface area contributed by atoms with Gasteiger partial charge in [0.25, 0.3) is 5.91 Å². The molecule has 1 atom stereocenters. The van der Waals surface area contributed by atoms with Gasteiger partial charge in [-0.1, -0.05) is 11.6 Å². The van der Waals surface area contributed by atoms with E-state index in [4.69, 9.17) is 16.6 Å². The Morgan fingerprint density at radius 1 is 1.26 bits per heavy atom. The molecule has 0 bridgehead atoms. The topological polar surface area (TPSA) is 63.1 Å². The number of carbonyl (C=O) groups excluding carboxylic acids is 1. The van der Waals surface area contributed by atoms with Gasteiger partial charge in [-0.05, 0) is 56.2 Å². The van der Waals surface area contributed by atoms with E-state index in [1.165, 1.54) is 0 Å². The molecule has 0 radical (unpaired) electrons. The molecule has 0 aliphatic carbocycles. The van der Waals surface area contributed by atoms with Gasteiger partial charge in [-0.2, -0.15) is 5.10 Å². The van der Waals surface area contributed by atoms with Gasteiger partial charge in [0.2, 0.25) is 0 Å². The fraction of sp³-hybridized carbons (Fsp3) is 0.350. The molecule has 0 spiro atoms. The number of halogens is 1. The number of amides is 1. The predicted molar refractivity (Wildman–Crippen MR) is 107 cm³/mol. The van der Waals surface area contributed by atoms with Crippen LogP contribution in [-0.4, -0.2) is 39.8 Å². The quantitative estimate of drug-likeness (QED) is 0.753. The largest absolute Gasteiger partial charge is 0.355 e. The number of hydrogen-bond acceptors (Lipinski definition) is 4. The fourth-order valence-corrected chi connectivity index (χ4v) is 3.83. The molecule has 2 aromatic heterocycles. The van der Waals surface area contributed by atoms with Gasteiger partial charge < -0.3 is 10.2 Å². The highest BCUT2D eigenvalue weighted by atomic mass is 35.5. The summed E-state index contributed by atoms with van der Waals surface area (Å²) in [5.41, 5.74) is 2.35. The number of aromatic nitrogens is 3. The summed E-state index contributed by atoms with van der Waals surface area (Å²) in [6, 6.07) is 11.7. The highest BCUT2D eigenvalue weighted by molar-refractivity contribution is 6.31. The van der Waals surface area contributed by atoms with E-state index >= 15 is 0 Å². The van der Waals surface area contributed by atoms with Crippen molar-refractivity contribution in [3.63, 3.8) is 0 Å². The maximum Gasteiger partial charge on any atom is 0.269 e. The highest BCUT2D eigenvalue weighted by Gasteiger charge is 2.24. The van der Waals surface area contributed by atoms with Crippen molar-refractivity contribution in [1.82, 2.24) is 20.1 Å². The molecule has 4 rings (SSSR count). The van der Waals surface area contributed by atoms with E-state index in [-0.39, 0.29) is 11.9 Å². The summed E-state index contributed by atoms with van der Waals surface area (Å²) in [5.74, 6) is 0.853. The van der Waals surface area contributed by atoms with Crippen molar-refractivity contribution in [2.45, 2.75) is 25.8 Å². The van der Waals surface area contributed by atoms with Crippen LogP contribution < -0.4 is 10.2 Å². The lowest BCUT2D eigenvalue weighted by Gasteiger charge is -2.34. The van der Waals surface area contributed by atoms with E-state index in [0.29, 0.717) is 10.7 Å². The lowest BCUT2D eigenvalue weighted by molar-refractivity contribution is 0.0923. The molecule has 1 unspecified atom stereocenters. The molecular formula is C20H22ClN5O. The number of aryl methyl sites for hydroxylation is 2. The first kappa shape index (κ1) is 17.8. The van der Waals surface area contributed by atoms with Crippen molar-refractivity contribution in [2.24, 2.45) is 7.05 Å².